The van der Waals surface area contributed by atoms with E-state index in [0.717, 1.165) is 40.8 Å². The van der Waals surface area contributed by atoms with Crippen LogP contribution in [0.4, 0.5) is 17.5 Å². The van der Waals surface area contributed by atoms with Crippen molar-refractivity contribution in [3.8, 4) is 0 Å². The summed E-state index contributed by atoms with van der Waals surface area (Å²) in [6.07, 6.45) is 4.12. The summed E-state index contributed by atoms with van der Waals surface area (Å²) in [7, 11) is 0. The van der Waals surface area contributed by atoms with Crippen molar-refractivity contribution in [2.75, 3.05) is 22.9 Å². The molecule has 0 atom stereocenters. The van der Waals surface area contributed by atoms with E-state index in [9.17, 15) is 5.11 Å². The van der Waals surface area contributed by atoms with Crippen LogP contribution in [-0.2, 0) is 6.54 Å². The van der Waals surface area contributed by atoms with Gasteiger partial charge in [-0.05, 0) is 50.8 Å². The molecular weight excluding hydrogens is 354 g/mol. The summed E-state index contributed by atoms with van der Waals surface area (Å²) in [5.74, 6) is 1.12. The number of fused-ring (bicyclic) bond motifs is 1. The van der Waals surface area contributed by atoms with Gasteiger partial charge in [-0.3, -0.25) is 0 Å². The Morgan fingerprint density at radius 3 is 2.71 bits per heavy atom. The minimum atomic E-state index is -0.862. The number of nitrogens with zero attached hydrogens (tertiary/aromatic N) is 4. The van der Waals surface area contributed by atoms with Crippen LogP contribution in [0.3, 0.4) is 0 Å². The quantitative estimate of drug-likeness (QED) is 0.465. The van der Waals surface area contributed by atoms with E-state index in [2.05, 4.69) is 30.2 Å². The molecule has 0 radical (unpaired) electrons. The molecular formula is C20H27N7O. The number of nitrogens with one attached hydrogen (secondary N) is 2. The van der Waals surface area contributed by atoms with Crippen LogP contribution in [0.25, 0.3) is 11.2 Å². The van der Waals surface area contributed by atoms with Crippen molar-refractivity contribution in [3.63, 3.8) is 0 Å². The average Bonchev–Trinajstić information content (AvgIpc) is 3.37. The summed E-state index contributed by atoms with van der Waals surface area (Å²) < 4.78 is 2.11. The number of rotatable bonds is 7. The molecule has 1 aliphatic carbocycles. The molecule has 1 aliphatic rings. The van der Waals surface area contributed by atoms with Crippen molar-refractivity contribution in [3.05, 3.63) is 35.7 Å². The molecule has 148 valence electrons. The second-order valence-corrected chi connectivity index (χ2v) is 8.17. The third-order valence-electron chi connectivity index (χ3n) is 4.79. The summed E-state index contributed by atoms with van der Waals surface area (Å²) in [6, 6.07) is 6.49. The molecule has 0 saturated heterocycles. The lowest BCUT2D eigenvalue weighted by molar-refractivity contribution is 0.0943. The number of hydrogen-bond donors (Lipinski definition) is 4. The van der Waals surface area contributed by atoms with Gasteiger partial charge in [0.15, 0.2) is 17.0 Å². The van der Waals surface area contributed by atoms with Gasteiger partial charge in [-0.1, -0.05) is 12.1 Å². The number of nitrogen functional groups attached to an aromatic ring is 1. The van der Waals surface area contributed by atoms with Crippen LogP contribution in [0.1, 0.15) is 43.9 Å². The Kier molecular flexibility index (Phi) is 4.58. The first-order valence-corrected chi connectivity index (χ1v) is 9.60. The molecule has 5 N–H and O–H groups in total. The van der Waals surface area contributed by atoms with Gasteiger partial charge in [0.1, 0.15) is 0 Å². The average molecular weight is 381 g/mol. The van der Waals surface area contributed by atoms with Gasteiger partial charge in [0.25, 0.3) is 0 Å². The number of hydrogen-bond acceptors (Lipinski definition) is 7. The Labute approximate surface area is 164 Å². The maximum absolute atomic E-state index is 10.0. The maximum Gasteiger partial charge on any atom is 0.226 e. The van der Waals surface area contributed by atoms with Gasteiger partial charge in [-0.25, -0.2) is 4.98 Å². The van der Waals surface area contributed by atoms with Gasteiger partial charge in [-0.2, -0.15) is 9.97 Å². The van der Waals surface area contributed by atoms with E-state index in [1.165, 1.54) is 0 Å². The maximum atomic E-state index is 10.0. The summed E-state index contributed by atoms with van der Waals surface area (Å²) in [6.45, 7) is 6.39. The van der Waals surface area contributed by atoms with Crippen LogP contribution in [0.2, 0.25) is 0 Å². The first kappa shape index (κ1) is 18.5. The van der Waals surface area contributed by atoms with E-state index >= 15 is 0 Å². The Bertz CT molecular complexity index is 1000. The van der Waals surface area contributed by atoms with Crippen LogP contribution >= 0.6 is 0 Å². The lowest BCUT2D eigenvalue weighted by Gasteiger charge is -2.18. The second-order valence-electron chi connectivity index (χ2n) is 8.17. The summed E-state index contributed by atoms with van der Waals surface area (Å²) >= 11 is 0. The summed E-state index contributed by atoms with van der Waals surface area (Å²) in [5.41, 5.74) is 9.71. The Morgan fingerprint density at radius 1 is 1.25 bits per heavy atom. The zero-order chi connectivity index (χ0) is 19.9. The van der Waals surface area contributed by atoms with Crippen molar-refractivity contribution in [1.82, 2.24) is 19.5 Å². The molecule has 0 amide bonds. The van der Waals surface area contributed by atoms with Crippen LogP contribution in [0, 0.1) is 6.92 Å². The van der Waals surface area contributed by atoms with Crippen molar-refractivity contribution < 1.29 is 5.11 Å². The van der Waals surface area contributed by atoms with Gasteiger partial charge in [-0.15, -0.1) is 0 Å². The van der Waals surface area contributed by atoms with E-state index in [4.69, 9.17) is 5.73 Å². The van der Waals surface area contributed by atoms with E-state index in [0.29, 0.717) is 30.9 Å². The molecule has 8 nitrogen and oxygen atoms in total. The minimum absolute atomic E-state index is 0.348. The number of imidazole rings is 1. The molecule has 0 spiro atoms. The normalized spacial score (nSPS) is 14.4. The fraction of sp³-hybridized carbons (Fsp3) is 0.450. The molecule has 0 unspecified atom stereocenters. The number of aryl methyl sites for hydroxylation is 1. The lowest BCUT2D eigenvalue weighted by Crippen LogP contribution is -2.30. The van der Waals surface area contributed by atoms with E-state index in [-0.39, 0.29) is 0 Å². The predicted molar refractivity (Wildman–Crippen MR) is 111 cm³/mol. The van der Waals surface area contributed by atoms with Crippen molar-refractivity contribution in [2.24, 2.45) is 0 Å². The molecule has 3 aromatic rings. The number of anilines is 3. The Balaban J connectivity index is 1.65. The number of nitrogens with two attached hydrogens (primary N) is 1. The summed E-state index contributed by atoms with van der Waals surface area (Å²) in [5, 5.41) is 16.5. The third-order valence-corrected chi connectivity index (χ3v) is 4.79. The molecule has 2 aromatic heterocycles. The largest absolute Gasteiger partial charge is 0.398 e. The van der Waals surface area contributed by atoms with E-state index < -0.39 is 5.60 Å². The van der Waals surface area contributed by atoms with Crippen molar-refractivity contribution in [1.29, 1.82) is 0 Å². The van der Waals surface area contributed by atoms with Crippen LogP contribution in [0.15, 0.2) is 24.5 Å². The molecule has 8 heteroatoms. The molecule has 0 bridgehead atoms. The highest BCUT2D eigenvalue weighted by Crippen LogP contribution is 2.37. The van der Waals surface area contributed by atoms with Crippen LogP contribution < -0.4 is 16.4 Å². The predicted octanol–water partition coefficient (Wildman–Crippen LogP) is 2.85. The monoisotopic (exact) mass is 381 g/mol. The van der Waals surface area contributed by atoms with Crippen molar-refractivity contribution in [2.45, 2.75) is 51.8 Å². The zero-order valence-corrected chi connectivity index (χ0v) is 16.5. The molecule has 0 aliphatic heterocycles. The first-order valence-electron chi connectivity index (χ1n) is 9.60. The SMILES string of the molecule is Cc1ccc(CNc2nc(NCC(C)(C)O)nc3c2ncn3C2CC2)c(N)c1. The standard InChI is InChI=1S/C20H27N7O/c1-12-4-5-13(15(21)8-12)9-22-17-16-18(27(11-24-16)14-6-7-14)26-19(25-17)23-10-20(2,3)28/h4-5,8,11,14,28H,6-7,9-10,21H2,1-3H3,(H2,22,23,25,26). The Morgan fingerprint density at radius 2 is 2.04 bits per heavy atom. The third kappa shape index (κ3) is 4.01. The number of aromatic nitrogens is 4. The van der Waals surface area contributed by atoms with Crippen LogP contribution in [0.5, 0.6) is 0 Å². The molecule has 1 saturated carbocycles. The highest BCUT2D eigenvalue weighted by molar-refractivity contribution is 5.84. The number of benzene rings is 1. The van der Waals surface area contributed by atoms with Gasteiger partial charge in [0, 0.05) is 24.8 Å². The lowest BCUT2D eigenvalue weighted by atomic mass is 10.1. The molecule has 28 heavy (non-hydrogen) atoms. The highest BCUT2D eigenvalue weighted by Gasteiger charge is 2.27. The number of aliphatic hydroxyl groups is 1. The van der Waals surface area contributed by atoms with Gasteiger partial charge < -0.3 is 26.0 Å². The smallest absolute Gasteiger partial charge is 0.226 e. The minimum Gasteiger partial charge on any atom is -0.398 e. The summed E-state index contributed by atoms with van der Waals surface area (Å²) in [4.78, 5) is 13.8. The highest BCUT2D eigenvalue weighted by atomic mass is 16.3. The van der Waals surface area contributed by atoms with E-state index in [1.807, 2.05) is 31.5 Å². The molecule has 4 rings (SSSR count). The molecule has 2 heterocycles. The Hall–Kier alpha value is -2.87. The molecule has 1 fully saturated rings. The van der Waals surface area contributed by atoms with Crippen LogP contribution in [-0.4, -0.2) is 36.8 Å². The topological polar surface area (TPSA) is 114 Å². The molecule has 1 aromatic carbocycles. The van der Waals surface area contributed by atoms with Crippen molar-refractivity contribution >= 4 is 28.6 Å². The zero-order valence-electron chi connectivity index (χ0n) is 16.5. The second kappa shape index (κ2) is 6.94. The van der Waals surface area contributed by atoms with Gasteiger partial charge >= 0.3 is 0 Å². The first-order chi connectivity index (χ1) is 13.3. The fourth-order valence-electron chi connectivity index (χ4n) is 3.09. The van der Waals surface area contributed by atoms with Gasteiger partial charge in [0.05, 0.1) is 11.9 Å². The van der Waals surface area contributed by atoms with Gasteiger partial charge in [0.2, 0.25) is 5.95 Å². The van der Waals surface area contributed by atoms with E-state index in [1.54, 1.807) is 13.8 Å². The fourth-order valence-corrected chi connectivity index (χ4v) is 3.09.